The number of anilines is 3. The Morgan fingerprint density at radius 2 is 1.58 bits per heavy atom. The maximum absolute atomic E-state index is 12.7. The molecule has 0 fully saturated rings. The first-order chi connectivity index (χ1) is 15.4. The molecule has 0 radical (unpaired) electrons. The summed E-state index contributed by atoms with van der Waals surface area (Å²) in [5, 5.41) is 2.70. The standard InChI is InChI=1S/C22H22ClN3O5S2/c1-15-7-10-19(11-8-15)33(30,31)25-17-9-12-20(21(23)14-17)22(27)24-16-5-4-6-18(13-16)26(2)32(3,28)29/h4-14,25H,1-3H3,(H,24,27). The van der Waals surface area contributed by atoms with Gasteiger partial charge in [0.1, 0.15) is 0 Å². The van der Waals surface area contributed by atoms with Crippen LogP contribution in [0.2, 0.25) is 5.02 Å². The third kappa shape index (κ3) is 6.04. The van der Waals surface area contributed by atoms with Gasteiger partial charge in [-0.05, 0) is 55.5 Å². The molecule has 3 rings (SSSR count). The van der Waals surface area contributed by atoms with E-state index in [-0.39, 0.29) is 21.2 Å². The summed E-state index contributed by atoms with van der Waals surface area (Å²) in [5.74, 6) is -0.535. The van der Waals surface area contributed by atoms with Gasteiger partial charge in [0.05, 0.1) is 33.1 Å². The lowest BCUT2D eigenvalue weighted by Gasteiger charge is -2.17. The first kappa shape index (κ1) is 24.6. The predicted octanol–water partition coefficient (Wildman–Crippen LogP) is 4.10. The van der Waals surface area contributed by atoms with E-state index in [2.05, 4.69) is 10.0 Å². The van der Waals surface area contributed by atoms with Crippen molar-refractivity contribution in [2.45, 2.75) is 11.8 Å². The van der Waals surface area contributed by atoms with Crippen molar-refractivity contribution in [2.75, 3.05) is 27.6 Å². The van der Waals surface area contributed by atoms with E-state index in [4.69, 9.17) is 11.6 Å². The number of carbonyl (C=O) groups is 1. The van der Waals surface area contributed by atoms with Crippen molar-refractivity contribution in [1.29, 1.82) is 0 Å². The quantitative estimate of drug-likeness (QED) is 0.500. The van der Waals surface area contributed by atoms with Crippen molar-refractivity contribution in [3.05, 3.63) is 82.9 Å². The largest absolute Gasteiger partial charge is 0.322 e. The molecule has 3 aromatic carbocycles. The lowest BCUT2D eigenvalue weighted by atomic mass is 10.2. The Labute approximate surface area is 198 Å². The Morgan fingerprint density at radius 3 is 2.18 bits per heavy atom. The van der Waals surface area contributed by atoms with Crippen LogP contribution in [0.5, 0.6) is 0 Å². The lowest BCUT2D eigenvalue weighted by Crippen LogP contribution is -2.24. The number of hydrogen-bond donors (Lipinski definition) is 2. The third-order valence-corrected chi connectivity index (χ3v) is 7.68. The fourth-order valence-electron chi connectivity index (χ4n) is 2.86. The minimum atomic E-state index is -3.82. The second-order valence-electron chi connectivity index (χ2n) is 7.35. The Morgan fingerprint density at radius 1 is 0.909 bits per heavy atom. The number of benzene rings is 3. The third-order valence-electron chi connectivity index (χ3n) is 4.76. The summed E-state index contributed by atoms with van der Waals surface area (Å²) in [6.07, 6.45) is 1.08. The van der Waals surface area contributed by atoms with E-state index in [1.54, 1.807) is 30.3 Å². The molecule has 33 heavy (non-hydrogen) atoms. The van der Waals surface area contributed by atoms with Crippen molar-refractivity contribution in [3.8, 4) is 0 Å². The normalized spacial score (nSPS) is 11.6. The second-order valence-corrected chi connectivity index (χ2v) is 11.5. The van der Waals surface area contributed by atoms with Crippen LogP contribution < -0.4 is 14.3 Å². The highest BCUT2D eigenvalue weighted by atomic mass is 35.5. The highest BCUT2D eigenvalue weighted by Crippen LogP contribution is 2.26. The molecule has 11 heteroatoms. The zero-order valence-corrected chi connectivity index (χ0v) is 20.4. The summed E-state index contributed by atoms with van der Waals surface area (Å²) in [4.78, 5) is 12.8. The van der Waals surface area contributed by atoms with Crippen molar-refractivity contribution in [3.63, 3.8) is 0 Å². The van der Waals surface area contributed by atoms with Gasteiger partial charge in [0.2, 0.25) is 10.0 Å². The molecular weight excluding hydrogens is 486 g/mol. The minimum absolute atomic E-state index is 0.0426. The highest BCUT2D eigenvalue weighted by Gasteiger charge is 2.17. The van der Waals surface area contributed by atoms with Crippen LogP contribution >= 0.6 is 11.6 Å². The van der Waals surface area contributed by atoms with E-state index in [1.165, 1.54) is 43.4 Å². The summed E-state index contributed by atoms with van der Waals surface area (Å²) in [5.41, 5.74) is 2.00. The van der Waals surface area contributed by atoms with Crippen molar-refractivity contribution in [1.82, 2.24) is 0 Å². The molecule has 0 atom stereocenters. The summed E-state index contributed by atoms with van der Waals surface area (Å²) in [6.45, 7) is 1.85. The molecule has 0 aliphatic heterocycles. The molecule has 1 amide bonds. The average Bonchev–Trinajstić information content (AvgIpc) is 2.72. The Balaban J connectivity index is 1.77. The van der Waals surface area contributed by atoms with E-state index in [0.717, 1.165) is 16.1 Å². The molecule has 0 bridgehead atoms. The molecule has 174 valence electrons. The van der Waals surface area contributed by atoms with Crippen molar-refractivity contribution < 1.29 is 21.6 Å². The van der Waals surface area contributed by atoms with Gasteiger partial charge in [-0.1, -0.05) is 35.4 Å². The molecule has 3 aromatic rings. The van der Waals surface area contributed by atoms with Crippen LogP contribution in [0.25, 0.3) is 0 Å². The first-order valence-electron chi connectivity index (χ1n) is 9.61. The van der Waals surface area contributed by atoms with E-state index in [0.29, 0.717) is 11.4 Å². The van der Waals surface area contributed by atoms with E-state index in [9.17, 15) is 21.6 Å². The molecule has 0 aliphatic rings. The van der Waals surface area contributed by atoms with Crippen LogP contribution in [0.15, 0.2) is 71.6 Å². The minimum Gasteiger partial charge on any atom is -0.322 e. The highest BCUT2D eigenvalue weighted by molar-refractivity contribution is 7.92. The fraction of sp³-hybridized carbons (Fsp3) is 0.136. The van der Waals surface area contributed by atoms with Gasteiger partial charge >= 0.3 is 0 Å². The Hall–Kier alpha value is -3.08. The smallest absolute Gasteiger partial charge is 0.261 e. The van der Waals surface area contributed by atoms with Crippen molar-refractivity contribution >= 4 is 54.6 Å². The average molecular weight is 508 g/mol. The SMILES string of the molecule is Cc1ccc(S(=O)(=O)Nc2ccc(C(=O)Nc3cccc(N(C)S(C)(=O)=O)c3)c(Cl)c2)cc1. The molecule has 8 nitrogen and oxygen atoms in total. The van der Waals surface area contributed by atoms with Gasteiger partial charge in [-0.25, -0.2) is 16.8 Å². The maximum Gasteiger partial charge on any atom is 0.261 e. The molecular formula is C22H22ClN3O5S2. The summed E-state index contributed by atoms with van der Waals surface area (Å²) in [7, 11) is -5.87. The number of amides is 1. The molecule has 0 aromatic heterocycles. The predicted molar refractivity (Wildman–Crippen MR) is 131 cm³/mol. The number of halogens is 1. The first-order valence-corrected chi connectivity index (χ1v) is 13.3. The number of carbonyl (C=O) groups excluding carboxylic acids is 1. The van der Waals surface area contributed by atoms with Crippen LogP contribution in [0, 0.1) is 6.92 Å². The number of sulfonamides is 2. The topological polar surface area (TPSA) is 113 Å². The fourth-order valence-corrected chi connectivity index (χ4v) is 4.68. The maximum atomic E-state index is 12.7. The van der Waals surface area contributed by atoms with Gasteiger partial charge in [-0.3, -0.25) is 13.8 Å². The van der Waals surface area contributed by atoms with Gasteiger partial charge in [-0.15, -0.1) is 0 Å². The van der Waals surface area contributed by atoms with E-state index in [1.807, 2.05) is 6.92 Å². The number of hydrogen-bond acceptors (Lipinski definition) is 5. The summed E-state index contributed by atoms with van der Waals surface area (Å²) >= 11 is 6.24. The van der Waals surface area contributed by atoms with Crippen LogP contribution in [-0.4, -0.2) is 36.0 Å². The Kier molecular flexibility index (Phi) is 7.01. The number of nitrogens with zero attached hydrogens (tertiary/aromatic N) is 1. The number of rotatable bonds is 7. The summed E-state index contributed by atoms with van der Waals surface area (Å²) in [6, 6.07) is 16.9. The van der Waals surface area contributed by atoms with Crippen molar-refractivity contribution in [2.24, 2.45) is 0 Å². The molecule has 2 N–H and O–H groups in total. The van der Waals surface area contributed by atoms with Gasteiger partial charge in [-0.2, -0.15) is 0 Å². The zero-order chi connectivity index (χ0) is 24.4. The Bertz CT molecular complexity index is 1410. The second kappa shape index (κ2) is 9.42. The van der Waals surface area contributed by atoms with E-state index < -0.39 is 26.0 Å². The van der Waals surface area contributed by atoms with Crippen LogP contribution in [0.1, 0.15) is 15.9 Å². The zero-order valence-electron chi connectivity index (χ0n) is 18.0. The molecule has 0 saturated carbocycles. The monoisotopic (exact) mass is 507 g/mol. The van der Waals surface area contributed by atoms with Gasteiger partial charge in [0, 0.05) is 12.7 Å². The van der Waals surface area contributed by atoms with Crippen LogP contribution in [-0.2, 0) is 20.0 Å². The van der Waals surface area contributed by atoms with Gasteiger partial charge in [0.15, 0.2) is 0 Å². The van der Waals surface area contributed by atoms with Crippen LogP contribution in [0.3, 0.4) is 0 Å². The summed E-state index contributed by atoms with van der Waals surface area (Å²) < 4.78 is 52.1. The molecule has 0 unspecified atom stereocenters. The van der Waals surface area contributed by atoms with Crippen LogP contribution in [0.4, 0.5) is 17.1 Å². The lowest BCUT2D eigenvalue weighted by molar-refractivity contribution is 0.102. The van der Waals surface area contributed by atoms with Gasteiger partial charge < -0.3 is 5.32 Å². The molecule has 0 heterocycles. The number of nitrogens with one attached hydrogen (secondary N) is 2. The molecule has 0 spiro atoms. The number of aryl methyl sites for hydroxylation is 1. The van der Waals surface area contributed by atoms with Gasteiger partial charge in [0.25, 0.3) is 15.9 Å². The molecule has 0 saturated heterocycles. The molecule has 0 aliphatic carbocycles. The van der Waals surface area contributed by atoms with E-state index >= 15 is 0 Å².